The molecule has 0 heterocycles. The van der Waals surface area contributed by atoms with E-state index in [0.717, 1.165) is 24.3 Å². The van der Waals surface area contributed by atoms with E-state index in [1.165, 1.54) is 36.4 Å². The highest BCUT2D eigenvalue weighted by Crippen LogP contribution is 2.64. The van der Waals surface area contributed by atoms with Crippen LogP contribution in [0, 0.1) is 0 Å². The van der Waals surface area contributed by atoms with Crippen molar-refractivity contribution in [1.82, 2.24) is 0 Å². The molecule has 0 aliphatic carbocycles. The SMILES string of the molecule is O=P(c1ccccc1)(c1ccccc1)C(F)(F)C(F)(F)F. The van der Waals surface area contributed by atoms with Crippen LogP contribution in [0.5, 0.6) is 0 Å². The van der Waals surface area contributed by atoms with E-state index in [9.17, 15) is 26.5 Å². The molecule has 0 saturated heterocycles. The molecule has 0 aromatic heterocycles. The Labute approximate surface area is 117 Å². The number of halogens is 5. The minimum absolute atomic E-state index is 0.529. The molecule has 0 unspecified atom stereocenters. The lowest BCUT2D eigenvalue weighted by Crippen LogP contribution is -2.42. The number of alkyl halides is 5. The molecule has 2 aromatic rings. The summed E-state index contributed by atoms with van der Waals surface area (Å²) in [6.07, 6.45) is -5.91. The first-order valence-corrected chi connectivity index (χ1v) is 7.58. The first-order valence-electron chi connectivity index (χ1n) is 5.87. The minimum atomic E-state index is -5.91. The quantitative estimate of drug-likeness (QED) is 0.613. The second-order valence-corrected chi connectivity index (χ2v) is 7.13. The van der Waals surface area contributed by atoms with Gasteiger partial charge in [-0.1, -0.05) is 60.7 Å². The highest BCUT2D eigenvalue weighted by Gasteiger charge is 2.69. The van der Waals surface area contributed by atoms with Crippen molar-refractivity contribution >= 4 is 17.8 Å². The Balaban J connectivity index is 2.76. The standard InChI is InChI=1S/C14H10F5OP/c15-13(16,17)14(18,19)21(20,11-7-3-1-4-8-11)12-9-5-2-6-10-12/h1-10H. The van der Waals surface area contributed by atoms with Crippen molar-refractivity contribution in [2.75, 3.05) is 0 Å². The van der Waals surface area contributed by atoms with Crippen LogP contribution in [0.3, 0.4) is 0 Å². The van der Waals surface area contributed by atoms with Crippen LogP contribution < -0.4 is 10.6 Å². The van der Waals surface area contributed by atoms with Crippen molar-refractivity contribution in [3.63, 3.8) is 0 Å². The molecule has 0 amide bonds. The van der Waals surface area contributed by atoms with E-state index < -0.39 is 29.6 Å². The predicted octanol–water partition coefficient (Wildman–Crippen LogP) is 4.16. The fourth-order valence-corrected chi connectivity index (χ4v) is 4.42. The fraction of sp³-hybridized carbons (Fsp3) is 0.143. The van der Waals surface area contributed by atoms with Gasteiger partial charge in [-0.15, -0.1) is 0 Å². The van der Waals surface area contributed by atoms with Gasteiger partial charge in [-0.2, -0.15) is 22.0 Å². The molecule has 112 valence electrons. The van der Waals surface area contributed by atoms with E-state index in [-0.39, 0.29) is 0 Å². The Morgan fingerprint density at radius 3 is 1.29 bits per heavy atom. The highest BCUT2D eigenvalue weighted by molar-refractivity contribution is 7.79. The summed E-state index contributed by atoms with van der Waals surface area (Å²) in [6, 6.07) is 12.1. The zero-order chi connectivity index (χ0) is 15.7. The van der Waals surface area contributed by atoms with Gasteiger partial charge >= 0.3 is 11.8 Å². The second-order valence-electron chi connectivity index (χ2n) is 4.32. The van der Waals surface area contributed by atoms with Gasteiger partial charge in [-0.3, -0.25) is 0 Å². The zero-order valence-electron chi connectivity index (χ0n) is 10.5. The molecular weight excluding hydrogens is 310 g/mol. The fourth-order valence-electron chi connectivity index (χ4n) is 1.93. The predicted molar refractivity (Wildman–Crippen MR) is 70.8 cm³/mol. The summed E-state index contributed by atoms with van der Waals surface area (Å²) in [6.45, 7) is 0. The first kappa shape index (κ1) is 15.7. The Bertz CT molecular complexity index is 609. The molecule has 0 aliphatic heterocycles. The largest absolute Gasteiger partial charge is 0.461 e. The van der Waals surface area contributed by atoms with Crippen LogP contribution in [0.25, 0.3) is 0 Å². The maximum atomic E-state index is 14.0. The van der Waals surface area contributed by atoms with Gasteiger partial charge in [0.1, 0.15) is 0 Å². The molecule has 2 aromatic carbocycles. The van der Waals surface area contributed by atoms with Crippen LogP contribution in [0.15, 0.2) is 60.7 Å². The first-order chi connectivity index (χ1) is 9.71. The molecule has 0 fully saturated rings. The van der Waals surface area contributed by atoms with Gasteiger partial charge in [0.2, 0.25) is 7.14 Å². The summed E-state index contributed by atoms with van der Waals surface area (Å²) in [5.41, 5.74) is -5.34. The molecule has 0 aliphatic rings. The monoisotopic (exact) mass is 320 g/mol. The zero-order valence-corrected chi connectivity index (χ0v) is 11.4. The lowest BCUT2D eigenvalue weighted by atomic mass is 10.4. The molecule has 0 spiro atoms. The molecule has 2 rings (SSSR count). The third kappa shape index (κ3) is 2.48. The van der Waals surface area contributed by atoms with Crippen molar-refractivity contribution in [2.45, 2.75) is 11.8 Å². The third-order valence-corrected chi connectivity index (χ3v) is 6.07. The van der Waals surface area contributed by atoms with Crippen molar-refractivity contribution < 1.29 is 26.5 Å². The van der Waals surface area contributed by atoms with E-state index in [2.05, 4.69) is 0 Å². The van der Waals surface area contributed by atoms with Crippen LogP contribution >= 0.6 is 7.14 Å². The topological polar surface area (TPSA) is 17.1 Å². The van der Waals surface area contributed by atoms with E-state index in [1.807, 2.05) is 0 Å². The summed E-state index contributed by atoms with van der Waals surface area (Å²) < 4.78 is 79.1. The van der Waals surface area contributed by atoms with Crippen molar-refractivity contribution in [1.29, 1.82) is 0 Å². The Morgan fingerprint density at radius 1 is 0.667 bits per heavy atom. The van der Waals surface area contributed by atoms with Gasteiger partial charge in [-0.25, -0.2) is 0 Å². The highest BCUT2D eigenvalue weighted by atomic mass is 31.2. The number of hydrogen-bond acceptors (Lipinski definition) is 1. The third-order valence-electron chi connectivity index (χ3n) is 2.98. The van der Waals surface area contributed by atoms with Crippen LogP contribution in [0.1, 0.15) is 0 Å². The molecule has 1 nitrogen and oxygen atoms in total. The summed E-state index contributed by atoms with van der Waals surface area (Å²) >= 11 is 0. The second kappa shape index (κ2) is 5.26. The molecule has 0 atom stereocenters. The summed E-state index contributed by atoms with van der Waals surface area (Å²) in [7, 11) is -5.21. The maximum Gasteiger partial charge on any atom is 0.461 e. The van der Waals surface area contributed by atoms with Gasteiger partial charge in [-0.05, 0) is 0 Å². The molecule has 0 bridgehead atoms. The lowest BCUT2D eigenvalue weighted by molar-refractivity contribution is -0.241. The van der Waals surface area contributed by atoms with Gasteiger partial charge in [0.05, 0.1) is 0 Å². The van der Waals surface area contributed by atoms with Crippen molar-refractivity contribution in [2.24, 2.45) is 0 Å². The van der Waals surface area contributed by atoms with Crippen LogP contribution in [0.2, 0.25) is 0 Å². The smallest absolute Gasteiger partial charge is 0.307 e. The van der Waals surface area contributed by atoms with Crippen LogP contribution in [-0.4, -0.2) is 11.8 Å². The molecule has 0 N–H and O–H groups in total. The molecule has 0 radical (unpaired) electrons. The maximum absolute atomic E-state index is 14.0. The average molecular weight is 320 g/mol. The molecular formula is C14H10F5OP. The summed E-state index contributed by atoms with van der Waals surface area (Å²) in [5, 5.41) is -1.06. The normalized spacial score (nSPS) is 13.2. The van der Waals surface area contributed by atoms with Gasteiger partial charge < -0.3 is 4.57 Å². The molecule has 0 saturated carbocycles. The average Bonchev–Trinajstić information content (AvgIpc) is 2.47. The van der Waals surface area contributed by atoms with Crippen LogP contribution in [0.4, 0.5) is 22.0 Å². The molecule has 7 heteroatoms. The Hall–Kier alpha value is -1.68. The van der Waals surface area contributed by atoms with E-state index >= 15 is 0 Å². The number of rotatable bonds is 3. The van der Waals surface area contributed by atoms with E-state index in [0.29, 0.717) is 0 Å². The van der Waals surface area contributed by atoms with E-state index in [1.54, 1.807) is 0 Å². The summed E-state index contributed by atoms with van der Waals surface area (Å²) in [4.78, 5) is 0. The van der Waals surface area contributed by atoms with Gasteiger partial charge in [0.25, 0.3) is 0 Å². The van der Waals surface area contributed by atoms with E-state index in [4.69, 9.17) is 0 Å². The lowest BCUT2D eigenvalue weighted by Gasteiger charge is -2.29. The number of benzene rings is 2. The number of hydrogen-bond donors (Lipinski definition) is 0. The minimum Gasteiger partial charge on any atom is -0.307 e. The van der Waals surface area contributed by atoms with Gasteiger partial charge in [0, 0.05) is 10.6 Å². The Kier molecular flexibility index (Phi) is 3.93. The summed E-state index contributed by atoms with van der Waals surface area (Å²) in [5.74, 6) is 0. The van der Waals surface area contributed by atoms with Crippen LogP contribution in [-0.2, 0) is 4.57 Å². The molecule has 21 heavy (non-hydrogen) atoms. The van der Waals surface area contributed by atoms with Crippen molar-refractivity contribution in [3.8, 4) is 0 Å². The van der Waals surface area contributed by atoms with Gasteiger partial charge in [0.15, 0.2) is 0 Å². The van der Waals surface area contributed by atoms with Crippen molar-refractivity contribution in [3.05, 3.63) is 60.7 Å². The Morgan fingerprint density at radius 2 is 1.00 bits per heavy atom.